The first-order valence-electron chi connectivity index (χ1n) is 9.11. The Balaban J connectivity index is 1.76. The molecule has 0 unspecified atom stereocenters. The molecule has 1 aromatic carbocycles. The van der Waals surface area contributed by atoms with E-state index in [0.29, 0.717) is 19.6 Å². The van der Waals surface area contributed by atoms with Crippen molar-refractivity contribution in [2.45, 2.75) is 17.9 Å². The summed E-state index contributed by atoms with van der Waals surface area (Å²) < 4.78 is 59.6. The van der Waals surface area contributed by atoms with Gasteiger partial charge in [0.15, 0.2) is 11.6 Å². The fraction of sp³-hybridized carbons (Fsp3) is 0.421. The average molecular weight is 411 g/mol. The van der Waals surface area contributed by atoms with Gasteiger partial charge in [-0.15, -0.1) is 0 Å². The highest BCUT2D eigenvalue weighted by Crippen LogP contribution is 2.21. The third kappa shape index (κ3) is 5.32. The van der Waals surface area contributed by atoms with Crippen molar-refractivity contribution in [2.24, 2.45) is 0 Å². The first-order chi connectivity index (χ1) is 13.5. The summed E-state index contributed by atoms with van der Waals surface area (Å²) in [6.07, 6.45) is 3.80. The lowest BCUT2D eigenvalue weighted by Gasteiger charge is -2.28. The lowest BCUT2D eigenvalue weighted by Crippen LogP contribution is -2.39. The summed E-state index contributed by atoms with van der Waals surface area (Å²) in [5.41, 5.74) is 0.771. The molecule has 1 aliphatic rings. The second-order valence-electron chi connectivity index (χ2n) is 6.58. The molecule has 0 aliphatic carbocycles. The third-order valence-corrected chi connectivity index (χ3v) is 6.46. The van der Waals surface area contributed by atoms with E-state index in [-0.39, 0.29) is 18.0 Å². The zero-order valence-corrected chi connectivity index (χ0v) is 16.2. The normalized spacial score (nSPS) is 15.8. The van der Waals surface area contributed by atoms with E-state index in [0.717, 1.165) is 43.4 Å². The predicted molar refractivity (Wildman–Crippen MR) is 100 cm³/mol. The summed E-state index contributed by atoms with van der Waals surface area (Å²) in [5.74, 6) is -2.26. The number of hydrogen-bond donors (Lipinski definition) is 0. The van der Waals surface area contributed by atoms with Crippen LogP contribution in [0.25, 0.3) is 0 Å². The Hall–Kier alpha value is -1.94. The van der Waals surface area contributed by atoms with Gasteiger partial charge in [0.1, 0.15) is 0 Å². The van der Waals surface area contributed by atoms with E-state index in [9.17, 15) is 17.2 Å². The Kier molecular flexibility index (Phi) is 7.06. The molecular formula is C19H23F2N3O3S. The van der Waals surface area contributed by atoms with Crippen LogP contribution in [0.5, 0.6) is 0 Å². The van der Waals surface area contributed by atoms with Gasteiger partial charge in [-0.25, -0.2) is 17.2 Å². The van der Waals surface area contributed by atoms with Gasteiger partial charge in [-0.05, 0) is 48.9 Å². The minimum atomic E-state index is -3.98. The molecule has 1 aliphatic heterocycles. The summed E-state index contributed by atoms with van der Waals surface area (Å²) in [6, 6.07) is 6.12. The first kappa shape index (κ1) is 20.8. The third-order valence-electron chi connectivity index (χ3n) is 4.62. The number of benzene rings is 1. The molecule has 2 heterocycles. The van der Waals surface area contributed by atoms with Crippen LogP contribution >= 0.6 is 0 Å². The number of aromatic nitrogens is 1. The molecule has 1 saturated heterocycles. The van der Waals surface area contributed by atoms with Crippen molar-refractivity contribution in [1.82, 2.24) is 14.2 Å². The molecule has 2 aromatic rings. The van der Waals surface area contributed by atoms with Crippen molar-refractivity contribution in [3.8, 4) is 0 Å². The molecule has 0 radical (unpaired) electrons. The molecule has 0 N–H and O–H groups in total. The molecule has 0 saturated carbocycles. The van der Waals surface area contributed by atoms with Crippen LogP contribution in [0.1, 0.15) is 12.0 Å². The summed E-state index contributed by atoms with van der Waals surface area (Å²) in [5, 5.41) is 0. The van der Waals surface area contributed by atoms with Crippen LogP contribution in [0.15, 0.2) is 47.6 Å². The van der Waals surface area contributed by atoms with Crippen LogP contribution in [0.3, 0.4) is 0 Å². The number of sulfonamides is 1. The number of morpholine rings is 1. The Labute approximate surface area is 163 Å². The fourth-order valence-electron chi connectivity index (χ4n) is 3.06. The molecule has 0 bridgehead atoms. The standard InChI is InChI=1S/C19H23F2N3O3S/c20-18-3-2-17(14-19(18)21)28(25,26)24(15-16-4-6-22-7-5-16)9-1-8-23-10-12-27-13-11-23/h2-7,14H,1,8-13,15H2. The van der Waals surface area contributed by atoms with E-state index < -0.39 is 21.7 Å². The van der Waals surface area contributed by atoms with E-state index in [2.05, 4.69) is 9.88 Å². The van der Waals surface area contributed by atoms with E-state index in [4.69, 9.17) is 4.74 Å². The molecule has 28 heavy (non-hydrogen) atoms. The number of hydrogen-bond acceptors (Lipinski definition) is 5. The zero-order valence-electron chi connectivity index (χ0n) is 15.4. The topological polar surface area (TPSA) is 62.7 Å². The van der Waals surface area contributed by atoms with Crippen molar-refractivity contribution in [1.29, 1.82) is 0 Å². The molecule has 6 nitrogen and oxygen atoms in total. The second kappa shape index (κ2) is 9.51. The van der Waals surface area contributed by atoms with E-state index in [1.54, 1.807) is 24.5 Å². The van der Waals surface area contributed by atoms with Crippen LogP contribution in [0.2, 0.25) is 0 Å². The highest BCUT2D eigenvalue weighted by atomic mass is 32.2. The van der Waals surface area contributed by atoms with Crippen molar-refractivity contribution in [3.63, 3.8) is 0 Å². The van der Waals surface area contributed by atoms with E-state index in [1.165, 1.54) is 4.31 Å². The highest BCUT2D eigenvalue weighted by Gasteiger charge is 2.26. The van der Waals surface area contributed by atoms with E-state index >= 15 is 0 Å². The van der Waals surface area contributed by atoms with Crippen LogP contribution < -0.4 is 0 Å². The molecular weight excluding hydrogens is 388 g/mol. The summed E-state index contributed by atoms with van der Waals surface area (Å²) in [4.78, 5) is 5.90. The Morgan fingerprint density at radius 3 is 2.46 bits per heavy atom. The second-order valence-corrected chi connectivity index (χ2v) is 8.52. The molecule has 1 fully saturated rings. The monoisotopic (exact) mass is 411 g/mol. The van der Waals surface area contributed by atoms with Crippen LogP contribution in [-0.2, 0) is 21.3 Å². The SMILES string of the molecule is O=S(=O)(c1ccc(F)c(F)c1)N(CCCN1CCOCC1)Cc1ccncc1. The van der Waals surface area contributed by atoms with Gasteiger partial charge in [0.05, 0.1) is 18.1 Å². The molecule has 0 amide bonds. The summed E-state index contributed by atoms with van der Waals surface area (Å²) in [7, 11) is -3.98. The quantitative estimate of drug-likeness (QED) is 0.667. The minimum Gasteiger partial charge on any atom is -0.379 e. The van der Waals surface area contributed by atoms with Gasteiger partial charge < -0.3 is 4.74 Å². The van der Waals surface area contributed by atoms with Gasteiger partial charge >= 0.3 is 0 Å². The Morgan fingerprint density at radius 1 is 1.07 bits per heavy atom. The minimum absolute atomic E-state index is 0.132. The number of nitrogens with zero attached hydrogens (tertiary/aromatic N) is 3. The Bertz CT molecular complexity index is 875. The van der Waals surface area contributed by atoms with Gasteiger partial charge in [0.25, 0.3) is 0 Å². The Morgan fingerprint density at radius 2 is 1.79 bits per heavy atom. The maximum Gasteiger partial charge on any atom is 0.243 e. The van der Waals surface area contributed by atoms with Crippen molar-refractivity contribution >= 4 is 10.0 Å². The molecule has 1 aromatic heterocycles. The van der Waals surface area contributed by atoms with Gasteiger partial charge in [-0.3, -0.25) is 9.88 Å². The molecule has 3 rings (SSSR count). The van der Waals surface area contributed by atoms with Crippen molar-refractivity contribution in [2.75, 3.05) is 39.4 Å². The molecule has 152 valence electrons. The fourth-order valence-corrected chi connectivity index (χ4v) is 4.54. The smallest absolute Gasteiger partial charge is 0.243 e. The first-order valence-corrected chi connectivity index (χ1v) is 10.5. The van der Waals surface area contributed by atoms with Crippen molar-refractivity contribution < 1.29 is 21.9 Å². The van der Waals surface area contributed by atoms with Gasteiger partial charge in [0.2, 0.25) is 10.0 Å². The number of pyridine rings is 1. The van der Waals surface area contributed by atoms with Gasteiger partial charge in [0, 0.05) is 38.6 Å². The molecule has 0 atom stereocenters. The predicted octanol–water partition coefficient (Wildman–Crippen LogP) is 2.27. The number of halogens is 2. The van der Waals surface area contributed by atoms with Crippen LogP contribution in [0.4, 0.5) is 8.78 Å². The van der Waals surface area contributed by atoms with Gasteiger partial charge in [-0.1, -0.05) is 0 Å². The maximum atomic E-state index is 13.6. The van der Waals surface area contributed by atoms with E-state index in [1.807, 2.05) is 0 Å². The molecule has 9 heteroatoms. The number of ether oxygens (including phenoxy) is 1. The average Bonchev–Trinajstić information content (AvgIpc) is 2.71. The largest absolute Gasteiger partial charge is 0.379 e. The zero-order chi connectivity index (χ0) is 20.0. The lowest BCUT2D eigenvalue weighted by atomic mass is 10.2. The summed E-state index contributed by atoms with van der Waals surface area (Å²) >= 11 is 0. The van der Waals surface area contributed by atoms with Crippen molar-refractivity contribution in [3.05, 3.63) is 59.9 Å². The van der Waals surface area contributed by atoms with Gasteiger partial charge in [-0.2, -0.15) is 4.31 Å². The van der Waals surface area contributed by atoms with Crippen LogP contribution in [0, 0.1) is 11.6 Å². The number of rotatable bonds is 8. The summed E-state index contributed by atoms with van der Waals surface area (Å²) in [6.45, 7) is 4.12. The lowest BCUT2D eigenvalue weighted by molar-refractivity contribution is 0.0368. The van der Waals surface area contributed by atoms with Crippen LogP contribution in [-0.4, -0.2) is 62.0 Å². The molecule has 0 spiro atoms. The maximum absolute atomic E-state index is 13.6. The highest BCUT2D eigenvalue weighted by molar-refractivity contribution is 7.89.